The van der Waals surface area contributed by atoms with Gasteiger partial charge in [0.2, 0.25) is 0 Å². The Kier molecular flexibility index (Phi) is 6.01. The molecule has 0 saturated carbocycles. The Bertz CT molecular complexity index is 1160. The third-order valence-electron chi connectivity index (χ3n) is 5.59. The van der Waals surface area contributed by atoms with E-state index in [1.807, 2.05) is 18.2 Å². The Morgan fingerprint density at radius 1 is 0.968 bits per heavy atom. The molecule has 1 aliphatic heterocycles. The van der Waals surface area contributed by atoms with Crippen LogP contribution < -0.4 is 10.9 Å². The van der Waals surface area contributed by atoms with Crippen molar-refractivity contribution < 1.29 is 9.90 Å². The number of benzene rings is 3. The van der Waals surface area contributed by atoms with Crippen LogP contribution in [0.2, 0.25) is 0 Å². The fourth-order valence-electron chi connectivity index (χ4n) is 3.99. The number of allylic oxidation sites excluding steroid dienone is 1. The van der Waals surface area contributed by atoms with Gasteiger partial charge in [0.1, 0.15) is 0 Å². The summed E-state index contributed by atoms with van der Waals surface area (Å²) in [6.45, 7) is 4.59. The number of carboxylic acids is 1. The highest BCUT2D eigenvalue weighted by molar-refractivity contribution is 5.99. The average molecular weight is 411 g/mol. The van der Waals surface area contributed by atoms with E-state index in [2.05, 4.69) is 72.4 Å². The van der Waals surface area contributed by atoms with Gasteiger partial charge in [-0.2, -0.15) is 0 Å². The molecule has 3 N–H and O–H groups in total. The summed E-state index contributed by atoms with van der Waals surface area (Å²) in [4.78, 5) is 11.2. The Labute approximate surface area is 182 Å². The van der Waals surface area contributed by atoms with Crippen molar-refractivity contribution in [1.29, 1.82) is 0 Å². The first-order chi connectivity index (χ1) is 15.1. The van der Waals surface area contributed by atoms with Gasteiger partial charge in [-0.05, 0) is 70.5 Å². The summed E-state index contributed by atoms with van der Waals surface area (Å²) < 4.78 is 0. The maximum Gasteiger partial charge on any atom is 0.331 e. The number of hydrogen-bond acceptors (Lipinski definition) is 3. The van der Waals surface area contributed by atoms with E-state index >= 15 is 0 Å². The molecule has 0 radical (unpaired) electrons. The Morgan fingerprint density at radius 2 is 1.68 bits per heavy atom. The minimum Gasteiger partial charge on any atom is -0.478 e. The maximum atomic E-state index is 11.2. The minimum atomic E-state index is -0.901. The van der Waals surface area contributed by atoms with Crippen LogP contribution in [0.3, 0.4) is 0 Å². The number of hydrogen-bond donors (Lipinski definition) is 3. The number of aliphatic carboxylic acids is 1. The van der Waals surface area contributed by atoms with Gasteiger partial charge in [-0.1, -0.05) is 67.6 Å². The zero-order valence-electron chi connectivity index (χ0n) is 17.8. The molecule has 0 spiro atoms. The molecule has 0 unspecified atom stereocenters. The van der Waals surface area contributed by atoms with Gasteiger partial charge >= 0.3 is 5.97 Å². The number of carbonyl (C=O) groups is 1. The molecule has 0 aromatic heterocycles. The second-order valence-corrected chi connectivity index (χ2v) is 7.68. The SMILES string of the molecule is CC/C(=C(/c1ccc(/C=C(\C)C(=O)O)cc1)c1ccc2c(c1)CNN2)c1ccccc1. The van der Waals surface area contributed by atoms with E-state index in [0.717, 1.165) is 29.8 Å². The van der Waals surface area contributed by atoms with Crippen LogP contribution in [0.25, 0.3) is 17.2 Å². The van der Waals surface area contributed by atoms with Crippen LogP contribution >= 0.6 is 0 Å². The normalized spacial score (nSPS) is 13.9. The molecule has 4 rings (SSSR count). The molecule has 1 heterocycles. The topological polar surface area (TPSA) is 61.4 Å². The van der Waals surface area contributed by atoms with Crippen molar-refractivity contribution in [3.05, 3.63) is 106 Å². The molecular formula is C27H26N2O2. The number of nitrogens with one attached hydrogen (secondary N) is 2. The molecule has 156 valence electrons. The standard InChI is InChI=1S/C27H26N2O2/c1-3-24(20-7-5-4-6-8-20)26(22-13-14-25-23(16-22)17-28-29-25)21-11-9-19(10-12-21)15-18(2)27(30)31/h4-16,28-29H,3,17H2,1-2H3,(H,30,31)/b18-15+,26-24+. The summed E-state index contributed by atoms with van der Waals surface area (Å²) in [5.41, 5.74) is 15.9. The van der Waals surface area contributed by atoms with E-state index in [1.165, 1.54) is 27.8 Å². The van der Waals surface area contributed by atoms with Crippen LogP contribution in [-0.2, 0) is 11.3 Å². The average Bonchev–Trinajstić information content (AvgIpc) is 3.26. The van der Waals surface area contributed by atoms with Crippen molar-refractivity contribution in [2.24, 2.45) is 0 Å². The van der Waals surface area contributed by atoms with Gasteiger partial charge in [-0.15, -0.1) is 0 Å². The lowest BCUT2D eigenvalue weighted by Crippen LogP contribution is -2.10. The molecule has 0 saturated heterocycles. The number of rotatable bonds is 6. The third kappa shape index (κ3) is 4.44. The van der Waals surface area contributed by atoms with Gasteiger partial charge in [-0.25, -0.2) is 10.2 Å². The lowest BCUT2D eigenvalue weighted by atomic mass is 9.87. The fraction of sp³-hybridized carbons (Fsp3) is 0.148. The van der Waals surface area contributed by atoms with Gasteiger partial charge in [0.15, 0.2) is 0 Å². The van der Waals surface area contributed by atoms with E-state index in [4.69, 9.17) is 5.11 Å². The zero-order chi connectivity index (χ0) is 21.8. The van der Waals surface area contributed by atoms with Gasteiger partial charge in [0.25, 0.3) is 0 Å². The second kappa shape index (κ2) is 9.02. The molecule has 3 aromatic rings. The maximum absolute atomic E-state index is 11.2. The van der Waals surface area contributed by atoms with Crippen LogP contribution in [0.4, 0.5) is 5.69 Å². The Balaban J connectivity index is 1.86. The molecular weight excluding hydrogens is 384 g/mol. The van der Waals surface area contributed by atoms with E-state index in [-0.39, 0.29) is 0 Å². The van der Waals surface area contributed by atoms with Crippen molar-refractivity contribution in [2.45, 2.75) is 26.8 Å². The van der Waals surface area contributed by atoms with Crippen molar-refractivity contribution in [2.75, 3.05) is 5.43 Å². The molecule has 31 heavy (non-hydrogen) atoms. The zero-order valence-corrected chi connectivity index (χ0v) is 17.8. The van der Waals surface area contributed by atoms with Gasteiger partial charge in [0.05, 0.1) is 5.69 Å². The fourth-order valence-corrected chi connectivity index (χ4v) is 3.99. The first kappa shape index (κ1) is 20.6. The monoisotopic (exact) mass is 410 g/mol. The molecule has 0 atom stereocenters. The van der Waals surface area contributed by atoms with E-state index in [9.17, 15) is 4.79 Å². The first-order valence-corrected chi connectivity index (χ1v) is 10.5. The van der Waals surface area contributed by atoms with Crippen LogP contribution in [0.5, 0.6) is 0 Å². The summed E-state index contributed by atoms with van der Waals surface area (Å²) in [6.07, 6.45) is 2.59. The lowest BCUT2D eigenvalue weighted by molar-refractivity contribution is -0.132. The van der Waals surface area contributed by atoms with Crippen LogP contribution in [0.15, 0.2) is 78.4 Å². The molecule has 4 nitrogen and oxygen atoms in total. The summed E-state index contributed by atoms with van der Waals surface area (Å²) in [7, 11) is 0. The molecule has 0 bridgehead atoms. The Morgan fingerprint density at radius 3 is 2.35 bits per heavy atom. The molecule has 1 aliphatic rings. The lowest BCUT2D eigenvalue weighted by Gasteiger charge is -2.17. The third-order valence-corrected chi connectivity index (χ3v) is 5.59. The van der Waals surface area contributed by atoms with Crippen molar-refractivity contribution >= 4 is 28.9 Å². The predicted octanol–water partition coefficient (Wildman–Crippen LogP) is 5.97. The number of fused-ring (bicyclic) bond motifs is 1. The van der Waals surface area contributed by atoms with Crippen molar-refractivity contribution in [3.8, 4) is 0 Å². The summed E-state index contributed by atoms with van der Waals surface area (Å²) in [5.74, 6) is -0.901. The number of hydrazine groups is 1. The summed E-state index contributed by atoms with van der Waals surface area (Å²) in [6, 6.07) is 25.2. The quantitative estimate of drug-likeness (QED) is 0.346. The summed E-state index contributed by atoms with van der Waals surface area (Å²) in [5, 5.41) is 9.16. The van der Waals surface area contributed by atoms with Crippen LogP contribution in [0, 0.1) is 0 Å². The second-order valence-electron chi connectivity index (χ2n) is 7.68. The smallest absolute Gasteiger partial charge is 0.331 e. The largest absolute Gasteiger partial charge is 0.478 e. The molecule has 0 fully saturated rings. The molecule has 3 aromatic carbocycles. The van der Waals surface area contributed by atoms with Gasteiger partial charge in [-0.3, -0.25) is 0 Å². The highest BCUT2D eigenvalue weighted by Gasteiger charge is 2.16. The first-order valence-electron chi connectivity index (χ1n) is 10.5. The van der Waals surface area contributed by atoms with E-state index < -0.39 is 5.97 Å². The molecule has 4 heteroatoms. The molecule has 0 aliphatic carbocycles. The van der Waals surface area contributed by atoms with Gasteiger partial charge < -0.3 is 10.5 Å². The predicted molar refractivity (Wildman–Crippen MR) is 127 cm³/mol. The number of carboxylic acid groups (broad SMARTS) is 1. The van der Waals surface area contributed by atoms with E-state index in [1.54, 1.807) is 13.0 Å². The van der Waals surface area contributed by atoms with Crippen LogP contribution in [-0.4, -0.2) is 11.1 Å². The number of anilines is 1. The van der Waals surface area contributed by atoms with E-state index in [0.29, 0.717) is 5.57 Å². The van der Waals surface area contributed by atoms with Crippen molar-refractivity contribution in [1.82, 2.24) is 5.43 Å². The van der Waals surface area contributed by atoms with Gasteiger partial charge in [0, 0.05) is 12.1 Å². The molecule has 0 amide bonds. The van der Waals surface area contributed by atoms with Crippen LogP contribution in [0.1, 0.15) is 48.1 Å². The Hall–Kier alpha value is -3.63. The summed E-state index contributed by atoms with van der Waals surface area (Å²) >= 11 is 0. The highest BCUT2D eigenvalue weighted by atomic mass is 16.4. The minimum absolute atomic E-state index is 0.320. The van der Waals surface area contributed by atoms with Crippen molar-refractivity contribution in [3.63, 3.8) is 0 Å². The highest BCUT2D eigenvalue weighted by Crippen LogP contribution is 2.36.